The summed E-state index contributed by atoms with van der Waals surface area (Å²) < 4.78 is 0. The number of likely N-dealkylation sites (N-methyl/N-ethyl adjacent to an activating group) is 1. The molecule has 1 heterocycles. The van der Waals surface area contributed by atoms with Gasteiger partial charge in [0.15, 0.2) is 0 Å². The average Bonchev–Trinajstić information content (AvgIpc) is 2.49. The summed E-state index contributed by atoms with van der Waals surface area (Å²) in [5.41, 5.74) is 1.75. The zero-order valence-electron chi connectivity index (χ0n) is 12.6. The Morgan fingerprint density at radius 2 is 2.00 bits per heavy atom. The van der Waals surface area contributed by atoms with Gasteiger partial charge < -0.3 is 4.90 Å². The first-order valence-electron chi connectivity index (χ1n) is 7.52. The van der Waals surface area contributed by atoms with Crippen molar-refractivity contribution in [3.8, 4) is 0 Å². The number of amides is 1. The van der Waals surface area contributed by atoms with Crippen LogP contribution in [0, 0.1) is 0 Å². The van der Waals surface area contributed by atoms with Gasteiger partial charge in [-0.1, -0.05) is 36.2 Å². The summed E-state index contributed by atoms with van der Waals surface area (Å²) in [4.78, 5) is 18.9. The summed E-state index contributed by atoms with van der Waals surface area (Å²) in [6.45, 7) is 0.585. The first kappa shape index (κ1) is 15.0. The van der Waals surface area contributed by atoms with Gasteiger partial charge in [-0.15, -0.1) is 0 Å². The molecular weight excluding hydrogens is 296 g/mol. The molecule has 1 aromatic carbocycles. The fourth-order valence-corrected chi connectivity index (χ4v) is 3.25. The Labute approximate surface area is 135 Å². The van der Waals surface area contributed by atoms with Gasteiger partial charge in [-0.2, -0.15) is 0 Å². The van der Waals surface area contributed by atoms with Crippen LogP contribution in [0.5, 0.6) is 0 Å². The van der Waals surface area contributed by atoms with Gasteiger partial charge in [0.05, 0.1) is 5.41 Å². The van der Waals surface area contributed by atoms with E-state index in [1.807, 2.05) is 48.3 Å². The SMILES string of the molecule is CN(Cc1cccnc1)C(=O)C1(c2ccc(Cl)cc2)CCC1. The lowest BCUT2D eigenvalue weighted by molar-refractivity contribution is -0.140. The molecule has 0 unspecified atom stereocenters. The molecule has 114 valence electrons. The molecule has 0 aliphatic heterocycles. The normalized spacial score (nSPS) is 15.9. The molecule has 0 N–H and O–H groups in total. The van der Waals surface area contributed by atoms with Crippen LogP contribution in [0.15, 0.2) is 48.8 Å². The highest BCUT2D eigenvalue weighted by molar-refractivity contribution is 6.30. The Balaban J connectivity index is 1.81. The Bertz CT molecular complexity index is 651. The molecule has 1 aromatic heterocycles. The molecule has 0 radical (unpaired) electrons. The maximum atomic E-state index is 13.0. The van der Waals surface area contributed by atoms with Crippen molar-refractivity contribution in [2.45, 2.75) is 31.2 Å². The van der Waals surface area contributed by atoms with Crippen molar-refractivity contribution in [1.82, 2.24) is 9.88 Å². The number of aromatic nitrogens is 1. The number of halogens is 1. The highest BCUT2D eigenvalue weighted by Gasteiger charge is 2.46. The van der Waals surface area contributed by atoms with E-state index in [-0.39, 0.29) is 11.3 Å². The van der Waals surface area contributed by atoms with E-state index in [0.717, 1.165) is 30.4 Å². The molecule has 1 amide bonds. The number of pyridine rings is 1. The predicted octanol–water partition coefficient (Wildman–Crippen LogP) is 3.82. The predicted molar refractivity (Wildman–Crippen MR) is 87.7 cm³/mol. The van der Waals surface area contributed by atoms with Gasteiger partial charge >= 0.3 is 0 Å². The van der Waals surface area contributed by atoms with Crippen molar-refractivity contribution in [3.05, 3.63) is 64.9 Å². The van der Waals surface area contributed by atoms with Gasteiger partial charge in [0, 0.05) is 31.0 Å². The van der Waals surface area contributed by atoms with Crippen LogP contribution in [0.3, 0.4) is 0 Å². The lowest BCUT2D eigenvalue weighted by atomic mass is 9.63. The molecule has 1 fully saturated rings. The van der Waals surface area contributed by atoms with Gasteiger partial charge in [0.25, 0.3) is 0 Å². The molecule has 0 saturated heterocycles. The molecule has 1 aliphatic rings. The smallest absolute Gasteiger partial charge is 0.233 e. The van der Waals surface area contributed by atoms with Crippen LogP contribution in [-0.2, 0) is 16.8 Å². The number of hydrogen-bond acceptors (Lipinski definition) is 2. The Morgan fingerprint density at radius 1 is 1.27 bits per heavy atom. The summed E-state index contributed by atoms with van der Waals surface area (Å²) in [5, 5.41) is 0.703. The van der Waals surface area contributed by atoms with E-state index in [0.29, 0.717) is 11.6 Å². The standard InChI is InChI=1S/C18H19ClN2O/c1-21(13-14-4-2-11-20-12-14)17(22)18(9-3-10-18)15-5-7-16(19)8-6-15/h2,4-8,11-12H,3,9-10,13H2,1H3. The fraction of sp³-hybridized carbons (Fsp3) is 0.333. The van der Waals surface area contributed by atoms with Crippen molar-refractivity contribution in [1.29, 1.82) is 0 Å². The Morgan fingerprint density at radius 3 is 2.55 bits per heavy atom. The highest BCUT2D eigenvalue weighted by Crippen LogP contribution is 2.45. The van der Waals surface area contributed by atoms with Gasteiger partial charge in [-0.3, -0.25) is 9.78 Å². The van der Waals surface area contributed by atoms with Crippen LogP contribution in [0.4, 0.5) is 0 Å². The van der Waals surface area contributed by atoms with Gasteiger partial charge in [0.1, 0.15) is 0 Å². The fourth-order valence-electron chi connectivity index (χ4n) is 3.13. The van der Waals surface area contributed by atoms with E-state index in [1.165, 1.54) is 0 Å². The molecule has 4 heteroatoms. The molecule has 0 bridgehead atoms. The quantitative estimate of drug-likeness (QED) is 0.859. The van der Waals surface area contributed by atoms with Crippen LogP contribution < -0.4 is 0 Å². The topological polar surface area (TPSA) is 33.2 Å². The van der Waals surface area contributed by atoms with Crippen LogP contribution >= 0.6 is 11.6 Å². The molecule has 1 saturated carbocycles. The summed E-state index contributed by atoms with van der Waals surface area (Å²) in [5.74, 6) is 0.185. The molecule has 22 heavy (non-hydrogen) atoms. The van der Waals surface area contributed by atoms with E-state index in [4.69, 9.17) is 11.6 Å². The largest absolute Gasteiger partial charge is 0.341 e. The molecule has 1 aliphatic carbocycles. The molecular formula is C18H19ClN2O. The minimum atomic E-state index is -0.373. The first-order chi connectivity index (χ1) is 10.6. The molecule has 0 atom stereocenters. The van der Waals surface area contributed by atoms with E-state index >= 15 is 0 Å². The molecule has 3 rings (SSSR count). The number of benzene rings is 1. The second-order valence-electron chi connectivity index (χ2n) is 5.97. The third kappa shape index (κ3) is 2.73. The number of carbonyl (C=O) groups excluding carboxylic acids is 1. The number of carbonyl (C=O) groups is 1. The van der Waals surface area contributed by atoms with Crippen LogP contribution in [0.2, 0.25) is 5.02 Å². The molecule has 2 aromatic rings. The summed E-state index contributed by atoms with van der Waals surface area (Å²) in [6.07, 6.45) is 6.46. The van der Waals surface area contributed by atoms with Crippen molar-refractivity contribution >= 4 is 17.5 Å². The van der Waals surface area contributed by atoms with Crippen LogP contribution in [-0.4, -0.2) is 22.8 Å². The second-order valence-corrected chi connectivity index (χ2v) is 6.40. The Hall–Kier alpha value is -1.87. The van der Waals surface area contributed by atoms with E-state index in [1.54, 1.807) is 12.4 Å². The van der Waals surface area contributed by atoms with Crippen molar-refractivity contribution in [3.63, 3.8) is 0 Å². The maximum Gasteiger partial charge on any atom is 0.233 e. The lowest BCUT2D eigenvalue weighted by Crippen LogP contribution is -2.49. The Kier molecular flexibility index (Phi) is 4.16. The highest BCUT2D eigenvalue weighted by atomic mass is 35.5. The van der Waals surface area contributed by atoms with Crippen LogP contribution in [0.1, 0.15) is 30.4 Å². The van der Waals surface area contributed by atoms with Crippen molar-refractivity contribution in [2.75, 3.05) is 7.05 Å². The zero-order chi connectivity index (χ0) is 15.6. The summed E-state index contributed by atoms with van der Waals surface area (Å²) >= 11 is 5.97. The van der Waals surface area contributed by atoms with Gasteiger partial charge in [0.2, 0.25) is 5.91 Å². The van der Waals surface area contributed by atoms with Crippen molar-refractivity contribution < 1.29 is 4.79 Å². The van der Waals surface area contributed by atoms with Gasteiger partial charge in [-0.25, -0.2) is 0 Å². The number of nitrogens with zero attached hydrogens (tertiary/aromatic N) is 2. The summed E-state index contributed by atoms with van der Waals surface area (Å²) in [7, 11) is 1.87. The van der Waals surface area contributed by atoms with Crippen LogP contribution in [0.25, 0.3) is 0 Å². The van der Waals surface area contributed by atoms with E-state index in [9.17, 15) is 4.79 Å². The lowest BCUT2D eigenvalue weighted by Gasteiger charge is -2.43. The molecule has 3 nitrogen and oxygen atoms in total. The minimum Gasteiger partial charge on any atom is -0.341 e. The van der Waals surface area contributed by atoms with E-state index < -0.39 is 0 Å². The van der Waals surface area contributed by atoms with Gasteiger partial charge in [-0.05, 0) is 42.2 Å². The summed E-state index contributed by atoms with van der Waals surface area (Å²) in [6, 6.07) is 11.6. The average molecular weight is 315 g/mol. The minimum absolute atomic E-state index is 0.185. The zero-order valence-corrected chi connectivity index (χ0v) is 13.4. The molecule has 0 spiro atoms. The maximum absolute atomic E-state index is 13.0. The first-order valence-corrected chi connectivity index (χ1v) is 7.90. The van der Waals surface area contributed by atoms with Crippen molar-refractivity contribution in [2.24, 2.45) is 0 Å². The number of hydrogen-bond donors (Lipinski definition) is 0. The number of rotatable bonds is 4. The third-order valence-corrected chi connectivity index (χ3v) is 4.75. The third-order valence-electron chi connectivity index (χ3n) is 4.50. The monoisotopic (exact) mass is 314 g/mol. The second kappa shape index (κ2) is 6.09. The van der Waals surface area contributed by atoms with E-state index in [2.05, 4.69) is 4.98 Å².